The molecule has 1 heterocycles. The summed E-state index contributed by atoms with van der Waals surface area (Å²) in [5, 5.41) is 11.1. The molecular weight excluding hydrogens is 374 g/mol. The highest BCUT2D eigenvalue weighted by molar-refractivity contribution is 7.99. The van der Waals surface area contributed by atoms with E-state index >= 15 is 0 Å². The number of rotatable bonds is 6. The van der Waals surface area contributed by atoms with Crippen LogP contribution >= 0.6 is 11.8 Å². The number of carbonyl (C=O) groups is 1. The number of anilines is 1. The van der Waals surface area contributed by atoms with E-state index in [1.165, 1.54) is 6.07 Å². The Kier molecular flexibility index (Phi) is 5.70. The first-order valence-corrected chi connectivity index (χ1v) is 8.88. The highest BCUT2D eigenvalue weighted by atomic mass is 32.2. The lowest BCUT2D eigenvalue weighted by molar-refractivity contribution is -0.113. The van der Waals surface area contributed by atoms with Gasteiger partial charge in [-0.25, -0.2) is 8.78 Å². The number of amides is 1. The van der Waals surface area contributed by atoms with Crippen molar-refractivity contribution < 1.29 is 18.3 Å². The molecule has 0 radical (unpaired) electrons. The molecule has 3 rings (SSSR count). The van der Waals surface area contributed by atoms with Crippen molar-refractivity contribution in [3.63, 3.8) is 0 Å². The molecule has 1 N–H and O–H groups in total. The number of benzene rings is 2. The van der Waals surface area contributed by atoms with Gasteiger partial charge in [-0.05, 0) is 36.4 Å². The molecule has 0 aliphatic rings. The van der Waals surface area contributed by atoms with Gasteiger partial charge in [0.25, 0.3) is 0 Å². The minimum Gasteiger partial charge on any atom is -0.497 e. The van der Waals surface area contributed by atoms with Crippen molar-refractivity contribution >= 4 is 23.4 Å². The summed E-state index contributed by atoms with van der Waals surface area (Å²) in [7, 11) is 3.22. The molecule has 0 aliphatic heterocycles. The zero-order chi connectivity index (χ0) is 19.4. The van der Waals surface area contributed by atoms with Crippen molar-refractivity contribution in [2.75, 3.05) is 18.2 Å². The zero-order valence-electron chi connectivity index (χ0n) is 14.6. The SMILES string of the molecule is COc1ccc(NC(=O)CSc2nnc(-c3ccc(F)cc3F)n2C)cc1. The molecule has 0 saturated heterocycles. The first-order chi connectivity index (χ1) is 13.0. The number of nitrogens with one attached hydrogen (secondary N) is 1. The lowest BCUT2D eigenvalue weighted by atomic mass is 10.2. The van der Waals surface area contributed by atoms with Gasteiger partial charge in [-0.3, -0.25) is 4.79 Å². The van der Waals surface area contributed by atoms with Crippen molar-refractivity contribution in [1.82, 2.24) is 14.8 Å². The monoisotopic (exact) mass is 390 g/mol. The molecule has 0 unspecified atom stereocenters. The molecule has 0 atom stereocenters. The number of thioether (sulfide) groups is 1. The largest absolute Gasteiger partial charge is 0.497 e. The molecule has 1 amide bonds. The smallest absolute Gasteiger partial charge is 0.234 e. The fourth-order valence-electron chi connectivity index (χ4n) is 2.35. The number of nitrogens with zero attached hydrogens (tertiary/aromatic N) is 3. The van der Waals surface area contributed by atoms with Crippen LogP contribution in [0.4, 0.5) is 14.5 Å². The van der Waals surface area contributed by atoms with Crippen LogP contribution in [0.3, 0.4) is 0 Å². The molecule has 140 valence electrons. The molecule has 9 heteroatoms. The highest BCUT2D eigenvalue weighted by Crippen LogP contribution is 2.25. The molecule has 0 fully saturated rings. The third kappa shape index (κ3) is 4.43. The third-order valence-electron chi connectivity index (χ3n) is 3.71. The summed E-state index contributed by atoms with van der Waals surface area (Å²) < 4.78 is 33.6. The average molecular weight is 390 g/mol. The van der Waals surface area contributed by atoms with Gasteiger partial charge in [-0.2, -0.15) is 0 Å². The average Bonchev–Trinajstić information content (AvgIpc) is 3.01. The predicted molar refractivity (Wildman–Crippen MR) is 98.7 cm³/mol. The summed E-state index contributed by atoms with van der Waals surface area (Å²) in [4.78, 5) is 12.1. The van der Waals surface area contributed by atoms with Crippen LogP contribution < -0.4 is 10.1 Å². The lowest BCUT2D eigenvalue weighted by Crippen LogP contribution is -2.14. The fraction of sp³-hybridized carbons (Fsp3) is 0.167. The van der Waals surface area contributed by atoms with Crippen LogP contribution in [0.1, 0.15) is 0 Å². The Balaban J connectivity index is 1.64. The van der Waals surface area contributed by atoms with E-state index in [1.807, 2.05) is 0 Å². The zero-order valence-corrected chi connectivity index (χ0v) is 15.4. The van der Waals surface area contributed by atoms with Gasteiger partial charge in [-0.1, -0.05) is 11.8 Å². The van der Waals surface area contributed by atoms with Gasteiger partial charge in [0.15, 0.2) is 11.0 Å². The second-order valence-corrected chi connectivity index (χ2v) is 6.50. The highest BCUT2D eigenvalue weighted by Gasteiger charge is 2.16. The first-order valence-electron chi connectivity index (χ1n) is 7.89. The van der Waals surface area contributed by atoms with E-state index in [1.54, 1.807) is 43.0 Å². The van der Waals surface area contributed by atoms with Crippen LogP contribution in [0.15, 0.2) is 47.6 Å². The molecule has 27 heavy (non-hydrogen) atoms. The minimum atomic E-state index is -0.723. The Hall–Kier alpha value is -2.94. The standard InChI is InChI=1S/C18H16F2N4O2S/c1-24-17(14-8-3-11(19)9-15(14)20)22-23-18(24)27-10-16(25)21-12-4-6-13(26-2)7-5-12/h3-9H,10H2,1-2H3,(H,21,25). The number of hydrogen-bond acceptors (Lipinski definition) is 5. The normalized spacial score (nSPS) is 10.7. The van der Waals surface area contributed by atoms with Gasteiger partial charge in [0, 0.05) is 18.8 Å². The Labute approximate surface area is 158 Å². The van der Waals surface area contributed by atoms with E-state index in [9.17, 15) is 13.6 Å². The van der Waals surface area contributed by atoms with E-state index in [4.69, 9.17) is 4.74 Å². The Morgan fingerprint density at radius 1 is 1.19 bits per heavy atom. The van der Waals surface area contributed by atoms with Gasteiger partial charge >= 0.3 is 0 Å². The summed E-state index contributed by atoms with van der Waals surface area (Å²) in [6.45, 7) is 0. The van der Waals surface area contributed by atoms with Gasteiger partial charge < -0.3 is 14.6 Å². The molecule has 2 aromatic carbocycles. The summed E-state index contributed by atoms with van der Waals surface area (Å²) in [6.07, 6.45) is 0. The second kappa shape index (κ2) is 8.17. The topological polar surface area (TPSA) is 69.0 Å². The molecule has 0 aliphatic carbocycles. The maximum atomic E-state index is 13.9. The number of carbonyl (C=O) groups excluding carboxylic acids is 1. The molecule has 6 nitrogen and oxygen atoms in total. The van der Waals surface area contributed by atoms with Crippen molar-refractivity contribution in [1.29, 1.82) is 0 Å². The number of halogens is 2. The van der Waals surface area contributed by atoms with E-state index < -0.39 is 11.6 Å². The van der Waals surface area contributed by atoms with Gasteiger partial charge in [-0.15, -0.1) is 10.2 Å². The van der Waals surface area contributed by atoms with Crippen molar-refractivity contribution in [3.8, 4) is 17.1 Å². The maximum absolute atomic E-state index is 13.9. The van der Waals surface area contributed by atoms with Crippen molar-refractivity contribution in [3.05, 3.63) is 54.1 Å². The van der Waals surface area contributed by atoms with Gasteiger partial charge in [0.2, 0.25) is 5.91 Å². The van der Waals surface area contributed by atoms with Crippen LogP contribution in [0.2, 0.25) is 0 Å². The quantitative estimate of drug-likeness (QED) is 0.653. The number of methoxy groups -OCH3 is 1. The lowest BCUT2D eigenvalue weighted by Gasteiger charge is -2.07. The van der Waals surface area contributed by atoms with E-state index in [0.29, 0.717) is 16.6 Å². The molecule has 3 aromatic rings. The number of ether oxygens (including phenoxy) is 1. The van der Waals surface area contributed by atoms with Crippen LogP contribution in [-0.4, -0.2) is 33.5 Å². The molecular formula is C18H16F2N4O2S. The maximum Gasteiger partial charge on any atom is 0.234 e. The fourth-order valence-corrected chi connectivity index (χ4v) is 3.06. The van der Waals surface area contributed by atoms with E-state index in [2.05, 4.69) is 15.5 Å². The summed E-state index contributed by atoms with van der Waals surface area (Å²) in [5.41, 5.74) is 0.786. The third-order valence-corrected chi connectivity index (χ3v) is 4.73. The van der Waals surface area contributed by atoms with Crippen LogP contribution in [0.5, 0.6) is 5.75 Å². The van der Waals surface area contributed by atoms with Gasteiger partial charge in [0.05, 0.1) is 18.4 Å². The first kappa shape index (κ1) is 18.8. The van der Waals surface area contributed by atoms with Crippen LogP contribution in [0.25, 0.3) is 11.4 Å². The van der Waals surface area contributed by atoms with Crippen LogP contribution in [-0.2, 0) is 11.8 Å². The molecule has 0 spiro atoms. The van der Waals surface area contributed by atoms with Crippen LogP contribution in [0, 0.1) is 11.6 Å². The molecule has 1 aromatic heterocycles. The Morgan fingerprint density at radius 2 is 1.93 bits per heavy atom. The van der Waals surface area contributed by atoms with Crippen molar-refractivity contribution in [2.24, 2.45) is 7.05 Å². The van der Waals surface area contributed by atoms with Gasteiger partial charge in [0.1, 0.15) is 17.4 Å². The summed E-state index contributed by atoms with van der Waals surface area (Å²) in [5.74, 6) is -0.554. The van der Waals surface area contributed by atoms with Crippen molar-refractivity contribution in [2.45, 2.75) is 5.16 Å². The minimum absolute atomic E-state index is 0.101. The predicted octanol–water partition coefficient (Wildman–Crippen LogP) is 3.50. The molecule has 0 bridgehead atoms. The second-order valence-electron chi connectivity index (χ2n) is 5.55. The number of aromatic nitrogens is 3. The van der Waals surface area contributed by atoms with E-state index in [0.717, 1.165) is 23.9 Å². The summed E-state index contributed by atoms with van der Waals surface area (Å²) >= 11 is 1.16. The number of hydrogen-bond donors (Lipinski definition) is 1. The Morgan fingerprint density at radius 3 is 2.59 bits per heavy atom. The Bertz CT molecular complexity index is 960. The summed E-state index contributed by atoms with van der Waals surface area (Å²) in [6, 6.07) is 10.2. The van der Waals surface area contributed by atoms with E-state index in [-0.39, 0.29) is 23.0 Å². The molecule has 0 saturated carbocycles.